The maximum absolute atomic E-state index is 12.7. The molecule has 0 saturated carbocycles. The number of rotatable bonds is 5. The van der Waals surface area contributed by atoms with Crippen LogP contribution in [-0.4, -0.2) is 39.0 Å². The summed E-state index contributed by atoms with van der Waals surface area (Å²) in [7, 11) is -3.59. The molecule has 2 aromatic rings. The van der Waals surface area contributed by atoms with E-state index in [4.69, 9.17) is 11.6 Å². The zero-order valence-electron chi connectivity index (χ0n) is 17.5. The summed E-state index contributed by atoms with van der Waals surface area (Å²) in [6.45, 7) is 7.17. The molecule has 0 aliphatic carbocycles. The smallest absolute Gasteiger partial charge is 0.253 e. The van der Waals surface area contributed by atoms with E-state index in [9.17, 15) is 13.2 Å². The second kappa shape index (κ2) is 8.96. The third kappa shape index (κ3) is 5.74. The molecule has 1 heterocycles. The molecule has 1 amide bonds. The molecule has 0 aromatic heterocycles. The van der Waals surface area contributed by atoms with Crippen LogP contribution in [0.25, 0.3) is 0 Å². The van der Waals surface area contributed by atoms with E-state index >= 15 is 0 Å². The van der Waals surface area contributed by atoms with Crippen molar-refractivity contribution in [1.82, 2.24) is 10.0 Å². The molecule has 0 bridgehead atoms. The topological polar surface area (TPSA) is 78.5 Å². The van der Waals surface area contributed by atoms with Gasteiger partial charge in [-0.1, -0.05) is 23.7 Å². The van der Waals surface area contributed by atoms with Crippen molar-refractivity contribution in [2.24, 2.45) is 0 Å². The molecule has 1 aliphatic rings. The summed E-state index contributed by atoms with van der Waals surface area (Å²) >= 11 is 5.85. The van der Waals surface area contributed by atoms with Crippen LogP contribution in [0.2, 0.25) is 5.02 Å². The van der Waals surface area contributed by atoms with E-state index in [1.54, 1.807) is 12.1 Å². The summed E-state index contributed by atoms with van der Waals surface area (Å²) in [5, 5.41) is 3.51. The van der Waals surface area contributed by atoms with E-state index in [1.165, 1.54) is 12.1 Å². The maximum Gasteiger partial charge on any atom is 0.253 e. The molecular formula is C22H28ClN3O3S. The largest absolute Gasteiger partial charge is 0.371 e. The molecule has 1 saturated heterocycles. The number of hydrogen-bond donors (Lipinski definition) is 2. The Balaban J connectivity index is 1.66. The Morgan fingerprint density at radius 2 is 1.63 bits per heavy atom. The number of halogens is 1. The first-order valence-electron chi connectivity index (χ1n) is 9.99. The molecule has 0 radical (unpaired) electrons. The predicted octanol–water partition coefficient (Wildman–Crippen LogP) is 3.82. The van der Waals surface area contributed by atoms with E-state index in [-0.39, 0.29) is 22.4 Å². The molecule has 8 heteroatoms. The highest BCUT2D eigenvalue weighted by molar-refractivity contribution is 7.89. The molecule has 162 valence electrons. The van der Waals surface area contributed by atoms with Crippen LogP contribution in [0.3, 0.4) is 0 Å². The van der Waals surface area contributed by atoms with Crippen molar-refractivity contribution in [3.8, 4) is 0 Å². The van der Waals surface area contributed by atoms with Crippen molar-refractivity contribution in [2.45, 2.75) is 50.1 Å². The van der Waals surface area contributed by atoms with Gasteiger partial charge in [-0.15, -0.1) is 0 Å². The number of carbonyl (C=O) groups excluding carboxylic acids is 1. The van der Waals surface area contributed by atoms with Gasteiger partial charge in [0.1, 0.15) is 0 Å². The van der Waals surface area contributed by atoms with Crippen molar-refractivity contribution in [2.75, 3.05) is 18.0 Å². The normalized spacial score (nSPS) is 15.8. The van der Waals surface area contributed by atoms with Crippen molar-refractivity contribution in [1.29, 1.82) is 0 Å². The minimum Gasteiger partial charge on any atom is -0.371 e. The van der Waals surface area contributed by atoms with Gasteiger partial charge in [0.2, 0.25) is 10.0 Å². The fourth-order valence-electron chi connectivity index (χ4n) is 3.49. The average molecular weight is 450 g/mol. The van der Waals surface area contributed by atoms with Crippen LogP contribution in [0.5, 0.6) is 0 Å². The van der Waals surface area contributed by atoms with Crippen LogP contribution < -0.4 is 14.9 Å². The molecule has 0 atom stereocenters. The van der Waals surface area contributed by atoms with Crippen LogP contribution in [0, 0.1) is 0 Å². The SMILES string of the molecule is CC(C)(C)NC(=O)c1ccccc1N1CCC(NS(=O)(=O)c2ccc(Cl)cc2)CC1. The van der Waals surface area contributed by atoms with E-state index in [2.05, 4.69) is 14.9 Å². The number of benzene rings is 2. The first-order valence-corrected chi connectivity index (χ1v) is 11.9. The molecule has 3 rings (SSSR count). The van der Waals surface area contributed by atoms with Crippen molar-refractivity contribution in [3.63, 3.8) is 0 Å². The summed E-state index contributed by atoms with van der Waals surface area (Å²) < 4.78 is 28.0. The summed E-state index contributed by atoms with van der Waals surface area (Å²) in [6, 6.07) is 13.5. The monoisotopic (exact) mass is 449 g/mol. The van der Waals surface area contributed by atoms with Gasteiger partial charge in [-0.05, 0) is 70.0 Å². The lowest BCUT2D eigenvalue weighted by atomic mass is 10.0. The third-order valence-corrected chi connectivity index (χ3v) is 6.71. The number of amides is 1. The van der Waals surface area contributed by atoms with E-state index in [1.807, 2.05) is 45.0 Å². The lowest BCUT2D eigenvalue weighted by Gasteiger charge is -2.35. The number of piperidine rings is 1. The minimum atomic E-state index is -3.59. The standard InChI is InChI=1S/C22H28ClN3O3S/c1-22(2,3)24-21(27)19-6-4-5-7-20(19)26-14-12-17(13-15-26)25-30(28,29)18-10-8-16(23)9-11-18/h4-11,17,25H,12-15H2,1-3H3,(H,24,27). The second-order valence-electron chi connectivity index (χ2n) is 8.56. The Hall–Kier alpha value is -2.09. The van der Waals surface area contributed by atoms with E-state index < -0.39 is 10.0 Å². The number of sulfonamides is 1. The Morgan fingerprint density at radius 1 is 1.03 bits per heavy atom. The Labute approximate surface area is 183 Å². The van der Waals surface area contributed by atoms with Crippen LogP contribution in [0.4, 0.5) is 5.69 Å². The summed E-state index contributed by atoms with van der Waals surface area (Å²) in [5.74, 6) is -0.108. The second-order valence-corrected chi connectivity index (χ2v) is 10.7. The quantitative estimate of drug-likeness (QED) is 0.727. The highest BCUT2D eigenvalue weighted by Crippen LogP contribution is 2.25. The molecular weight excluding hydrogens is 422 g/mol. The molecule has 6 nitrogen and oxygen atoms in total. The third-order valence-electron chi connectivity index (χ3n) is 4.92. The lowest BCUT2D eigenvalue weighted by Crippen LogP contribution is -2.45. The highest BCUT2D eigenvalue weighted by Gasteiger charge is 2.27. The Bertz CT molecular complexity index is 993. The fraction of sp³-hybridized carbons (Fsp3) is 0.409. The van der Waals surface area contributed by atoms with Gasteiger partial charge in [-0.3, -0.25) is 4.79 Å². The van der Waals surface area contributed by atoms with Gasteiger partial charge in [0.15, 0.2) is 0 Å². The molecule has 1 fully saturated rings. The summed E-state index contributed by atoms with van der Waals surface area (Å²) in [4.78, 5) is 15.1. The number of carbonyl (C=O) groups is 1. The van der Waals surface area contributed by atoms with Crippen LogP contribution in [-0.2, 0) is 10.0 Å². The van der Waals surface area contributed by atoms with Crippen LogP contribution >= 0.6 is 11.6 Å². The Kier molecular flexibility index (Phi) is 6.75. The van der Waals surface area contributed by atoms with Gasteiger partial charge in [0.25, 0.3) is 5.91 Å². The van der Waals surface area contributed by atoms with Crippen LogP contribution in [0.15, 0.2) is 53.4 Å². The van der Waals surface area contributed by atoms with E-state index in [0.29, 0.717) is 36.5 Å². The Morgan fingerprint density at radius 3 is 2.23 bits per heavy atom. The molecule has 0 spiro atoms. The van der Waals surface area contributed by atoms with Gasteiger partial charge in [0.05, 0.1) is 10.5 Å². The maximum atomic E-state index is 12.7. The van der Waals surface area contributed by atoms with Gasteiger partial charge < -0.3 is 10.2 Å². The first-order chi connectivity index (χ1) is 14.0. The summed E-state index contributed by atoms with van der Waals surface area (Å²) in [6.07, 6.45) is 1.31. The minimum absolute atomic E-state index is 0.108. The molecule has 30 heavy (non-hydrogen) atoms. The van der Waals surface area contributed by atoms with Crippen LogP contribution in [0.1, 0.15) is 44.0 Å². The van der Waals surface area contributed by atoms with Gasteiger partial charge in [-0.2, -0.15) is 0 Å². The average Bonchev–Trinajstić information content (AvgIpc) is 2.67. The van der Waals surface area contributed by atoms with Crippen molar-refractivity contribution in [3.05, 3.63) is 59.1 Å². The molecule has 2 N–H and O–H groups in total. The zero-order valence-corrected chi connectivity index (χ0v) is 19.1. The van der Waals surface area contributed by atoms with Gasteiger partial charge in [0, 0.05) is 35.4 Å². The number of para-hydroxylation sites is 1. The van der Waals surface area contributed by atoms with E-state index in [0.717, 1.165) is 5.69 Å². The number of anilines is 1. The number of hydrogen-bond acceptors (Lipinski definition) is 4. The zero-order chi connectivity index (χ0) is 21.9. The number of nitrogens with one attached hydrogen (secondary N) is 2. The highest BCUT2D eigenvalue weighted by atomic mass is 35.5. The number of nitrogens with zero attached hydrogens (tertiary/aromatic N) is 1. The summed E-state index contributed by atoms with van der Waals surface area (Å²) in [5.41, 5.74) is 1.18. The lowest BCUT2D eigenvalue weighted by molar-refractivity contribution is 0.0920. The van der Waals surface area contributed by atoms with Gasteiger partial charge >= 0.3 is 0 Å². The first kappa shape index (κ1) is 22.6. The molecule has 1 aliphatic heterocycles. The van der Waals surface area contributed by atoms with Crippen molar-refractivity contribution >= 4 is 33.2 Å². The predicted molar refractivity (Wildman–Crippen MR) is 121 cm³/mol. The van der Waals surface area contributed by atoms with Gasteiger partial charge in [-0.25, -0.2) is 13.1 Å². The fourth-order valence-corrected chi connectivity index (χ4v) is 4.92. The molecule has 0 unspecified atom stereocenters. The van der Waals surface area contributed by atoms with Crippen molar-refractivity contribution < 1.29 is 13.2 Å². The molecule has 2 aromatic carbocycles.